The maximum absolute atomic E-state index is 11.6. The summed E-state index contributed by atoms with van der Waals surface area (Å²) in [6.45, 7) is 1.81. The van der Waals surface area contributed by atoms with Gasteiger partial charge in [-0.15, -0.1) is 0 Å². The van der Waals surface area contributed by atoms with Gasteiger partial charge in [0.2, 0.25) is 0 Å². The van der Waals surface area contributed by atoms with Crippen molar-refractivity contribution in [3.63, 3.8) is 0 Å². The molecular weight excluding hydrogens is 304 g/mol. The number of carboxylic acid groups (broad SMARTS) is 1. The Balaban J connectivity index is 3.59. The van der Waals surface area contributed by atoms with Crippen molar-refractivity contribution in [2.24, 2.45) is 0 Å². The normalized spacial score (nSPS) is 10.0. The molecule has 98 valence electrons. The number of Topliss-reactive ketones (excluding diaryl/α,β-unsaturated/α-hetero) is 1. The first-order valence-electron chi connectivity index (χ1n) is 5.18. The van der Waals surface area contributed by atoms with E-state index in [1.807, 2.05) is 6.92 Å². The lowest BCUT2D eigenvalue weighted by Gasteiger charge is -2.16. The number of rotatable bonds is 5. The third-order valence-corrected chi connectivity index (χ3v) is 3.08. The van der Waals surface area contributed by atoms with E-state index in [2.05, 4.69) is 15.9 Å². The Bertz CT molecular complexity index is 496. The molecule has 0 aliphatic rings. The van der Waals surface area contributed by atoms with Crippen LogP contribution < -0.4 is 9.47 Å². The molecule has 0 aromatic heterocycles. The van der Waals surface area contributed by atoms with Crippen LogP contribution in [0.15, 0.2) is 10.5 Å². The number of halogens is 1. The SMILES string of the molecule is CCc1c(C(=O)C(=O)O)cc(Br)c(OC)c1OC. The summed E-state index contributed by atoms with van der Waals surface area (Å²) in [7, 11) is 2.92. The van der Waals surface area contributed by atoms with Gasteiger partial charge in [-0.1, -0.05) is 6.92 Å². The van der Waals surface area contributed by atoms with Crippen LogP contribution in [0.5, 0.6) is 11.5 Å². The van der Waals surface area contributed by atoms with Crippen LogP contribution in [0, 0.1) is 0 Å². The van der Waals surface area contributed by atoms with Crippen LogP contribution in [-0.4, -0.2) is 31.1 Å². The molecule has 1 rings (SSSR count). The molecule has 0 fully saturated rings. The van der Waals surface area contributed by atoms with E-state index in [9.17, 15) is 9.59 Å². The van der Waals surface area contributed by atoms with Crippen LogP contribution in [0.25, 0.3) is 0 Å². The van der Waals surface area contributed by atoms with Gasteiger partial charge in [0, 0.05) is 11.1 Å². The molecule has 0 amide bonds. The van der Waals surface area contributed by atoms with Gasteiger partial charge in [-0.05, 0) is 28.4 Å². The molecule has 1 aromatic carbocycles. The van der Waals surface area contributed by atoms with Crippen molar-refractivity contribution >= 4 is 27.7 Å². The highest BCUT2D eigenvalue weighted by Gasteiger charge is 2.24. The number of ketones is 1. The number of aliphatic carboxylic acids is 1. The van der Waals surface area contributed by atoms with E-state index in [1.54, 1.807) is 0 Å². The molecule has 0 aliphatic heterocycles. The number of hydrogen-bond acceptors (Lipinski definition) is 4. The molecule has 1 N–H and O–H groups in total. The Morgan fingerprint density at radius 2 is 1.83 bits per heavy atom. The Hall–Kier alpha value is -1.56. The van der Waals surface area contributed by atoms with Crippen LogP contribution >= 0.6 is 15.9 Å². The van der Waals surface area contributed by atoms with Gasteiger partial charge < -0.3 is 14.6 Å². The summed E-state index contributed by atoms with van der Waals surface area (Å²) in [6, 6.07) is 1.44. The zero-order chi connectivity index (χ0) is 13.9. The maximum atomic E-state index is 11.6. The molecule has 0 bridgehead atoms. The lowest BCUT2D eigenvalue weighted by Crippen LogP contribution is -2.16. The van der Waals surface area contributed by atoms with Crippen LogP contribution in [0.2, 0.25) is 0 Å². The molecule has 0 heterocycles. The lowest BCUT2D eigenvalue weighted by molar-refractivity contribution is -0.131. The Labute approximate surface area is 113 Å². The van der Waals surface area contributed by atoms with Gasteiger partial charge in [0.1, 0.15) is 0 Å². The van der Waals surface area contributed by atoms with Crippen LogP contribution in [-0.2, 0) is 11.2 Å². The minimum absolute atomic E-state index is 0.106. The predicted molar refractivity (Wildman–Crippen MR) is 68.6 cm³/mol. The molecule has 0 saturated heterocycles. The lowest BCUT2D eigenvalue weighted by atomic mass is 9.99. The summed E-state index contributed by atoms with van der Waals surface area (Å²) < 4.78 is 10.9. The number of ether oxygens (including phenoxy) is 2. The minimum atomic E-state index is -1.50. The second-order valence-corrected chi connectivity index (χ2v) is 4.29. The summed E-state index contributed by atoms with van der Waals surface area (Å²) >= 11 is 3.23. The third-order valence-electron chi connectivity index (χ3n) is 2.49. The molecular formula is C12H13BrO5. The molecule has 0 aliphatic carbocycles. The van der Waals surface area contributed by atoms with Crippen molar-refractivity contribution in [1.82, 2.24) is 0 Å². The molecule has 0 saturated carbocycles. The van der Waals surface area contributed by atoms with E-state index in [4.69, 9.17) is 14.6 Å². The average molecular weight is 317 g/mol. The van der Waals surface area contributed by atoms with Crippen molar-refractivity contribution in [1.29, 1.82) is 0 Å². The van der Waals surface area contributed by atoms with E-state index < -0.39 is 11.8 Å². The van der Waals surface area contributed by atoms with Gasteiger partial charge in [0.05, 0.1) is 18.7 Å². The van der Waals surface area contributed by atoms with Gasteiger partial charge in [-0.3, -0.25) is 4.79 Å². The van der Waals surface area contributed by atoms with Gasteiger partial charge in [0.15, 0.2) is 11.5 Å². The highest BCUT2D eigenvalue weighted by Crippen LogP contribution is 2.40. The first kappa shape index (κ1) is 14.5. The Kier molecular flexibility index (Phi) is 4.72. The topological polar surface area (TPSA) is 72.8 Å². The fourth-order valence-electron chi connectivity index (χ4n) is 1.72. The highest BCUT2D eigenvalue weighted by molar-refractivity contribution is 9.10. The van der Waals surface area contributed by atoms with E-state index in [-0.39, 0.29) is 5.56 Å². The quantitative estimate of drug-likeness (QED) is 0.666. The third kappa shape index (κ3) is 2.48. The van der Waals surface area contributed by atoms with Crippen molar-refractivity contribution in [2.45, 2.75) is 13.3 Å². The number of hydrogen-bond donors (Lipinski definition) is 1. The first-order chi connectivity index (χ1) is 8.47. The fraction of sp³-hybridized carbons (Fsp3) is 0.333. The van der Waals surface area contributed by atoms with Gasteiger partial charge >= 0.3 is 5.97 Å². The van der Waals surface area contributed by atoms with E-state index in [0.717, 1.165) is 0 Å². The van der Waals surface area contributed by atoms with Gasteiger partial charge in [-0.25, -0.2) is 4.79 Å². The fourth-order valence-corrected chi connectivity index (χ4v) is 2.29. The number of carboxylic acids is 1. The highest BCUT2D eigenvalue weighted by atomic mass is 79.9. The predicted octanol–water partition coefficient (Wildman–Crippen LogP) is 2.30. The zero-order valence-electron chi connectivity index (χ0n) is 10.2. The number of benzene rings is 1. The summed E-state index contributed by atoms with van der Waals surface area (Å²) in [5.74, 6) is -1.65. The molecule has 0 unspecified atom stereocenters. The molecule has 0 spiro atoms. The number of methoxy groups -OCH3 is 2. The molecule has 1 aromatic rings. The van der Waals surface area contributed by atoms with Crippen molar-refractivity contribution in [3.8, 4) is 11.5 Å². The van der Waals surface area contributed by atoms with Crippen LogP contribution in [0.1, 0.15) is 22.8 Å². The monoisotopic (exact) mass is 316 g/mol. The molecule has 6 heteroatoms. The van der Waals surface area contributed by atoms with E-state index in [1.165, 1.54) is 20.3 Å². The van der Waals surface area contributed by atoms with Crippen molar-refractivity contribution in [3.05, 3.63) is 21.7 Å². The molecule has 18 heavy (non-hydrogen) atoms. The Morgan fingerprint density at radius 3 is 2.22 bits per heavy atom. The summed E-state index contributed by atoms with van der Waals surface area (Å²) in [5.41, 5.74) is 0.625. The summed E-state index contributed by atoms with van der Waals surface area (Å²) in [4.78, 5) is 22.4. The number of carbonyl (C=O) groups is 2. The Morgan fingerprint density at radius 1 is 1.28 bits per heavy atom. The summed E-state index contributed by atoms with van der Waals surface area (Å²) in [5, 5.41) is 8.80. The number of carbonyl (C=O) groups excluding carboxylic acids is 1. The standard InChI is InChI=1S/C12H13BrO5/c1-4-6-7(9(14)12(15)16)5-8(13)11(18-3)10(6)17-2/h5H,4H2,1-3H3,(H,15,16). The second-order valence-electron chi connectivity index (χ2n) is 3.44. The second kappa shape index (κ2) is 5.86. The van der Waals surface area contributed by atoms with Gasteiger partial charge in [0.25, 0.3) is 5.78 Å². The zero-order valence-corrected chi connectivity index (χ0v) is 11.8. The van der Waals surface area contributed by atoms with Gasteiger partial charge in [-0.2, -0.15) is 0 Å². The largest absolute Gasteiger partial charge is 0.493 e. The average Bonchev–Trinajstić information content (AvgIpc) is 2.35. The smallest absolute Gasteiger partial charge is 0.377 e. The van der Waals surface area contributed by atoms with E-state index in [0.29, 0.717) is 28.0 Å². The van der Waals surface area contributed by atoms with Crippen LogP contribution in [0.4, 0.5) is 0 Å². The van der Waals surface area contributed by atoms with E-state index >= 15 is 0 Å². The molecule has 0 radical (unpaired) electrons. The maximum Gasteiger partial charge on any atom is 0.377 e. The minimum Gasteiger partial charge on any atom is -0.493 e. The first-order valence-corrected chi connectivity index (χ1v) is 5.98. The summed E-state index contributed by atoms with van der Waals surface area (Å²) in [6.07, 6.45) is 0.459. The van der Waals surface area contributed by atoms with Crippen molar-refractivity contribution in [2.75, 3.05) is 14.2 Å². The van der Waals surface area contributed by atoms with Crippen molar-refractivity contribution < 1.29 is 24.2 Å². The van der Waals surface area contributed by atoms with Crippen LogP contribution in [0.3, 0.4) is 0 Å². The molecule has 5 nitrogen and oxygen atoms in total. The molecule has 0 atom stereocenters.